The molecule has 0 amide bonds. The highest BCUT2D eigenvalue weighted by molar-refractivity contribution is 9.10. The summed E-state index contributed by atoms with van der Waals surface area (Å²) in [4.78, 5) is 6.95. The monoisotopic (exact) mass is 508 g/mol. The highest BCUT2D eigenvalue weighted by Gasteiger charge is 2.54. The van der Waals surface area contributed by atoms with Gasteiger partial charge in [-0.05, 0) is 35.4 Å². The van der Waals surface area contributed by atoms with Crippen LogP contribution in [-0.4, -0.2) is 34.0 Å². The molecule has 2 aromatic rings. The van der Waals surface area contributed by atoms with E-state index >= 15 is 0 Å². The number of hydrogen-bond donors (Lipinski definition) is 1. The van der Waals surface area contributed by atoms with E-state index in [1.54, 1.807) is 11.8 Å². The predicted molar refractivity (Wildman–Crippen MR) is 120 cm³/mol. The second kappa shape index (κ2) is 7.21. The summed E-state index contributed by atoms with van der Waals surface area (Å²) in [5, 5.41) is 12.9. The Morgan fingerprint density at radius 2 is 1.67 bits per heavy atom. The fraction of sp³-hybridized carbons (Fsp3) is 0.381. The molecule has 1 saturated heterocycles. The molecule has 142 valence electrons. The first-order valence-electron chi connectivity index (χ1n) is 8.98. The lowest BCUT2D eigenvalue weighted by atomic mass is 9.87. The van der Waals surface area contributed by atoms with Crippen molar-refractivity contribution in [3.8, 4) is 0 Å². The first-order valence-corrected chi connectivity index (χ1v) is 11.4. The van der Waals surface area contributed by atoms with E-state index in [1.807, 2.05) is 24.3 Å². The summed E-state index contributed by atoms with van der Waals surface area (Å²) in [5.41, 5.74) is 1.28. The zero-order chi connectivity index (χ0) is 19.2. The van der Waals surface area contributed by atoms with Gasteiger partial charge in [0.25, 0.3) is 0 Å². The summed E-state index contributed by atoms with van der Waals surface area (Å²) in [7, 11) is 0. The second-order valence-corrected chi connectivity index (χ2v) is 11.0. The zero-order valence-corrected chi connectivity index (χ0v) is 19.3. The maximum atomic E-state index is 12.0. The third-order valence-corrected chi connectivity index (χ3v) is 7.62. The summed E-state index contributed by atoms with van der Waals surface area (Å²) in [6, 6.07) is 16.5. The average molecular weight is 510 g/mol. The Morgan fingerprint density at radius 1 is 1.07 bits per heavy atom. The average Bonchev–Trinajstić information content (AvgIpc) is 2.89. The van der Waals surface area contributed by atoms with Gasteiger partial charge in [0, 0.05) is 33.9 Å². The van der Waals surface area contributed by atoms with Crippen LogP contribution in [0.5, 0.6) is 0 Å². The van der Waals surface area contributed by atoms with Gasteiger partial charge in [0.1, 0.15) is 0 Å². The third kappa shape index (κ3) is 3.86. The van der Waals surface area contributed by atoms with Gasteiger partial charge in [-0.1, -0.05) is 81.7 Å². The highest BCUT2D eigenvalue weighted by atomic mass is 79.9. The van der Waals surface area contributed by atoms with Crippen molar-refractivity contribution >= 4 is 48.8 Å². The Hall–Kier alpha value is -0.820. The van der Waals surface area contributed by atoms with E-state index in [1.165, 1.54) is 0 Å². The zero-order valence-electron chi connectivity index (χ0n) is 15.3. The number of nitrogens with zero attached hydrogens (tertiary/aromatic N) is 2. The summed E-state index contributed by atoms with van der Waals surface area (Å²) in [6.07, 6.45) is 0.559. The third-order valence-electron chi connectivity index (χ3n) is 5.12. The molecule has 27 heavy (non-hydrogen) atoms. The fourth-order valence-corrected chi connectivity index (χ4v) is 5.64. The van der Waals surface area contributed by atoms with Gasteiger partial charge < -0.3 is 10.0 Å². The van der Waals surface area contributed by atoms with E-state index in [4.69, 9.17) is 4.99 Å². The molecule has 2 heterocycles. The molecule has 0 spiro atoms. The number of hydrogen-bond acceptors (Lipinski definition) is 4. The molecule has 2 unspecified atom stereocenters. The van der Waals surface area contributed by atoms with Crippen LogP contribution in [0.2, 0.25) is 0 Å². The molecule has 0 saturated carbocycles. The molecular weight excluding hydrogens is 488 g/mol. The molecule has 2 aliphatic heterocycles. The van der Waals surface area contributed by atoms with Gasteiger partial charge in [-0.15, -0.1) is 0 Å². The number of amidine groups is 1. The van der Waals surface area contributed by atoms with Crippen molar-refractivity contribution in [1.82, 2.24) is 4.90 Å². The number of fused-ring (bicyclic) bond motifs is 1. The van der Waals surface area contributed by atoms with E-state index < -0.39 is 5.72 Å². The van der Waals surface area contributed by atoms with Crippen LogP contribution < -0.4 is 0 Å². The Kier molecular flexibility index (Phi) is 5.21. The van der Waals surface area contributed by atoms with Crippen LogP contribution in [0.25, 0.3) is 0 Å². The van der Waals surface area contributed by atoms with Crippen molar-refractivity contribution in [3.63, 3.8) is 0 Å². The fourth-order valence-electron chi connectivity index (χ4n) is 3.72. The van der Waals surface area contributed by atoms with Gasteiger partial charge in [-0.2, -0.15) is 0 Å². The number of thioether (sulfide) groups is 1. The molecule has 0 bridgehead atoms. The van der Waals surface area contributed by atoms with Crippen LogP contribution in [0.3, 0.4) is 0 Å². The van der Waals surface area contributed by atoms with Crippen LogP contribution >= 0.6 is 43.6 Å². The molecule has 2 aromatic carbocycles. The summed E-state index contributed by atoms with van der Waals surface area (Å²) >= 11 is 8.69. The van der Waals surface area contributed by atoms with E-state index in [0.717, 1.165) is 38.3 Å². The molecule has 6 heteroatoms. The minimum Gasteiger partial charge on any atom is -0.369 e. The molecule has 0 aliphatic carbocycles. The Labute approximate surface area is 181 Å². The van der Waals surface area contributed by atoms with Crippen LogP contribution in [0, 0.1) is 5.41 Å². The van der Waals surface area contributed by atoms with Crippen molar-refractivity contribution in [1.29, 1.82) is 0 Å². The van der Waals surface area contributed by atoms with Gasteiger partial charge in [0.2, 0.25) is 0 Å². The van der Waals surface area contributed by atoms with Gasteiger partial charge in [-0.25, -0.2) is 0 Å². The standard InChI is InChI=1S/C21H22Br2N2OS/c1-20(2)12-24-19-25(13-20)21(26,11-14-3-7-16(22)8-4-14)18(27-19)15-5-9-17(23)10-6-15/h3-10,18,26H,11-13H2,1-2H3. The maximum absolute atomic E-state index is 12.0. The van der Waals surface area contributed by atoms with Gasteiger partial charge in [0.15, 0.2) is 10.9 Å². The van der Waals surface area contributed by atoms with E-state index in [-0.39, 0.29) is 10.7 Å². The summed E-state index contributed by atoms with van der Waals surface area (Å²) in [6.45, 7) is 6.03. The number of aliphatic hydroxyl groups is 1. The SMILES string of the molecule is CC1(C)CN=C2SC(c3ccc(Br)cc3)C(O)(Cc3ccc(Br)cc3)N2C1. The topological polar surface area (TPSA) is 35.8 Å². The molecule has 0 radical (unpaired) electrons. The lowest BCUT2D eigenvalue weighted by molar-refractivity contribution is -0.0781. The molecule has 0 aromatic heterocycles. The molecule has 3 nitrogen and oxygen atoms in total. The summed E-state index contributed by atoms with van der Waals surface area (Å²) in [5.74, 6) is 0. The predicted octanol–water partition coefficient (Wildman–Crippen LogP) is 5.63. The Morgan fingerprint density at radius 3 is 2.30 bits per heavy atom. The molecule has 1 N–H and O–H groups in total. The normalized spacial score (nSPS) is 26.6. The first-order chi connectivity index (χ1) is 12.8. The minimum absolute atomic E-state index is 0.0480. The highest BCUT2D eigenvalue weighted by Crippen LogP contribution is 2.52. The van der Waals surface area contributed by atoms with Gasteiger partial charge in [0.05, 0.1) is 5.25 Å². The van der Waals surface area contributed by atoms with E-state index in [0.29, 0.717) is 6.42 Å². The maximum Gasteiger partial charge on any atom is 0.162 e. The van der Waals surface area contributed by atoms with Crippen LogP contribution in [0.15, 0.2) is 62.5 Å². The lowest BCUT2D eigenvalue weighted by Crippen LogP contribution is -2.55. The van der Waals surface area contributed by atoms with Crippen LogP contribution in [0.1, 0.15) is 30.2 Å². The molecule has 4 rings (SSSR count). The van der Waals surface area contributed by atoms with Crippen molar-refractivity contribution in [2.24, 2.45) is 10.4 Å². The van der Waals surface area contributed by atoms with E-state index in [2.05, 4.69) is 74.9 Å². The van der Waals surface area contributed by atoms with Crippen LogP contribution in [0.4, 0.5) is 0 Å². The van der Waals surface area contributed by atoms with Gasteiger partial charge >= 0.3 is 0 Å². The van der Waals surface area contributed by atoms with Crippen molar-refractivity contribution in [3.05, 3.63) is 68.6 Å². The minimum atomic E-state index is -1.01. The number of halogens is 2. The first kappa shape index (κ1) is 19.5. The lowest BCUT2D eigenvalue weighted by Gasteiger charge is -2.43. The second-order valence-electron chi connectivity index (χ2n) is 8.08. The van der Waals surface area contributed by atoms with Crippen molar-refractivity contribution in [2.75, 3.05) is 13.1 Å². The molecule has 1 fully saturated rings. The van der Waals surface area contributed by atoms with E-state index in [9.17, 15) is 5.11 Å². The number of benzene rings is 2. The Balaban J connectivity index is 1.75. The molecule has 2 aliphatic rings. The summed E-state index contributed by atoms with van der Waals surface area (Å²) < 4.78 is 2.09. The largest absolute Gasteiger partial charge is 0.369 e. The van der Waals surface area contributed by atoms with Crippen molar-refractivity contribution in [2.45, 2.75) is 31.2 Å². The molecular formula is C21H22Br2N2OS. The van der Waals surface area contributed by atoms with Gasteiger partial charge in [-0.3, -0.25) is 4.99 Å². The van der Waals surface area contributed by atoms with Crippen LogP contribution in [-0.2, 0) is 6.42 Å². The van der Waals surface area contributed by atoms with Crippen molar-refractivity contribution < 1.29 is 5.11 Å². The number of rotatable bonds is 3. The smallest absolute Gasteiger partial charge is 0.162 e. The number of aliphatic imine (C=N–C) groups is 1. The Bertz CT molecular complexity index is 867. The quantitative estimate of drug-likeness (QED) is 0.582. The molecule has 2 atom stereocenters.